The number of pyridine rings is 1. The third kappa shape index (κ3) is 2.78. The molecule has 1 saturated heterocycles. The molecule has 3 aromatic rings. The van der Waals surface area contributed by atoms with Crippen molar-refractivity contribution in [2.45, 2.75) is 6.04 Å². The van der Waals surface area contributed by atoms with Crippen LogP contribution in [-0.4, -0.2) is 40.0 Å². The fraction of sp³-hybridized carbons (Fsp3) is 0.263. The first kappa shape index (κ1) is 16.1. The first-order valence-electron chi connectivity index (χ1n) is 8.78. The summed E-state index contributed by atoms with van der Waals surface area (Å²) in [6.45, 7) is 1.76. The molecule has 2 fully saturated rings. The van der Waals surface area contributed by atoms with Gasteiger partial charge in [-0.05, 0) is 30.0 Å². The van der Waals surface area contributed by atoms with Crippen molar-refractivity contribution in [2.24, 2.45) is 17.6 Å². The van der Waals surface area contributed by atoms with E-state index >= 15 is 0 Å². The van der Waals surface area contributed by atoms with E-state index in [1.165, 1.54) is 18.3 Å². The van der Waals surface area contributed by atoms with Gasteiger partial charge in [0.2, 0.25) is 0 Å². The van der Waals surface area contributed by atoms with Gasteiger partial charge in [0.25, 0.3) is 5.91 Å². The first-order chi connectivity index (χ1) is 13.1. The Labute approximate surface area is 154 Å². The second-order valence-electron chi connectivity index (χ2n) is 7.05. The minimum absolute atomic E-state index is 0.160. The number of rotatable bonds is 3. The zero-order valence-corrected chi connectivity index (χ0v) is 14.3. The standard InChI is InChI=1S/C19H17FN6O/c20-11-4-10-2-1-3-22-18(10)14(5-11)25-19(27)15-6-24-16(7-23-15)26-8-12-13(9-26)17(12)21/h1-7,12-13,17H,8-9,21H2,(H,25,27). The molecular formula is C19H17FN6O. The van der Waals surface area contributed by atoms with Crippen LogP contribution in [0.4, 0.5) is 15.9 Å². The average molecular weight is 364 g/mol. The number of carbonyl (C=O) groups excluding carboxylic acids is 1. The fourth-order valence-electron chi connectivity index (χ4n) is 3.80. The first-order valence-corrected chi connectivity index (χ1v) is 8.78. The average Bonchev–Trinajstić information content (AvgIpc) is 3.07. The molecule has 2 unspecified atom stereocenters. The van der Waals surface area contributed by atoms with Crippen LogP contribution < -0.4 is 16.0 Å². The molecule has 3 N–H and O–H groups in total. The fourth-order valence-corrected chi connectivity index (χ4v) is 3.80. The van der Waals surface area contributed by atoms with E-state index in [1.807, 2.05) is 0 Å². The highest BCUT2D eigenvalue weighted by Crippen LogP contribution is 2.44. The molecule has 1 amide bonds. The number of carbonyl (C=O) groups is 1. The summed E-state index contributed by atoms with van der Waals surface area (Å²) in [6.07, 6.45) is 4.62. The maximum Gasteiger partial charge on any atom is 0.275 e. The molecule has 1 saturated carbocycles. The van der Waals surface area contributed by atoms with Crippen molar-refractivity contribution in [1.29, 1.82) is 0 Å². The highest BCUT2D eigenvalue weighted by atomic mass is 19.1. The Hall–Kier alpha value is -3.13. The number of fused-ring (bicyclic) bond motifs is 2. The van der Waals surface area contributed by atoms with E-state index in [0.29, 0.717) is 34.5 Å². The Morgan fingerprint density at radius 2 is 2.00 bits per heavy atom. The largest absolute Gasteiger partial charge is 0.355 e. The van der Waals surface area contributed by atoms with Gasteiger partial charge in [-0.2, -0.15) is 0 Å². The van der Waals surface area contributed by atoms with Crippen molar-refractivity contribution >= 4 is 28.3 Å². The van der Waals surface area contributed by atoms with Gasteiger partial charge in [-0.15, -0.1) is 0 Å². The number of hydrogen-bond donors (Lipinski definition) is 2. The number of nitrogens with zero attached hydrogens (tertiary/aromatic N) is 4. The molecule has 136 valence electrons. The third-order valence-electron chi connectivity index (χ3n) is 5.37. The Balaban J connectivity index is 1.34. The van der Waals surface area contributed by atoms with Crippen LogP contribution in [0.1, 0.15) is 10.5 Å². The Morgan fingerprint density at radius 3 is 2.74 bits per heavy atom. The molecule has 1 aromatic carbocycles. The number of benzene rings is 1. The lowest BCUT2D eigenvalue weighted by molar-refractivity contribution is 0.102. The van der Waals surface area contributed by atoms with Crippen molar-refractivity contribution < 1.29 is 9.18 Å². The van der Waals surface area contributed by atoms with E-state index < -0.39 is 11.7 Å². The van der Waals surface area contributed by atoms with E-state index in [1.54, 1.807) is 24.5 Å². The monoisotopic (exact) mass is 364 g/mol. The van der Waals surface area contributed by atoms with Crippen LogP contribution in [-0.2, 0) is 0 Å². The summed E-state index contributed by atoms with van der Waals surface area (Å²) in [5.74, 6) is 0.923. The molecule has 2 aliphatic rings. The van der Waals surface area contributed by atoms with Gasteiger partial charge < -0.3 is 16.0 Å². The second-order valence-corrected chi connectivity index (χ2v) is 7.05. The maximum absolute atomic E-state index is 13.8. The van der Waals surface area contributed by atoms with Gasteiger partial charge in [0.05, 0.1) is 23.6 Å². The van der Waals surface area contributed by atoms with Gasteiger partial charge in [-0.25, -0.2) is 14.4 Å². The van der Waals surface area contributed by atoms with Gasteiger partial charge >= 0.3 is 0 Å². The van der Waals surface area contributed by atoms with Gasteiger partial charge in [0.15, 0.2) is 0 Å². The zero-order valence-electron chi connectivity index (χ0n) is 14.3. The summed E-state index contributed by atoms with van der Waals surface area (Å²) >= 11 is 0. The van der Waals surface area contributed by atoms with Gasteiger partial charge in [0.1, 0.15) is 17.3 Å². The summed E-state index contributed by atoms with van der Waals surface area (Å²) in [4.78, 5) is 27.4. The van der Waals surface area contributed by atoms with Gasteiger partial charge in [-0.3, -0.25) is 9.78 Å². The number of nitrogens with two attached hydrogens (primary N) is 1. The molecule has 2 aromatic heterocycles. The molecule has 7 nitrogen and oxygen atoms in total. The van der Waals surface area contributed by atoms with Crippen LogP contribution in [0.3, 0.4) is 0 Å². The van der Waals surface area contributed by atoms with Crippen LogP contribution in [0, 0.1) is 17.7 Å². The number of aromatic nitrogens is 3. The summed E-state index contributed by atoms with van der Waals surface area (Å²) in [7, 11) is 0. The Kier molecular flexibility index (Phi) is 3.54. The number of nitrogens with one attached hydrogen (secondary N) is 1. The summed E-state index contributed by atoms with van der Waals surface area (Å²) in [6, 6.07) is 6.39. The van der Waals surface area contributed by atoms with Crippen LogP contribution in [0.2, 0.25) is 0 Å². The number of halogens is 1. The Bertz CT molecular complexity index is 1030. The lowest BCUT2D eigenvalue weighted by Crippen LogP contribution is -2.29. The molecule has 1 aliphatic heterocycles. The molecular weight excluding hydrogens is 347 g/mol. The van der Waals surface area contributed by atoms with Crippen LogP contribution in [0.5, 0.6) is 0 Å². The molecule has 8 heteroatoms. The van der Waals surface area contributed by atoms with Crippen molar-refractivity contribution in [3.05, 3.63) is 54.4 Å². The minimum Gasteiger partial charge on any atom is -0.355 e. The highest BCUT2D eigenvalue weighted by molar-refractivity contribution is 6.07. The SMILES string of the molecule is NC1C2CN(c3cnc(C(=O)Nc4cc(F)cc5cccnc45)cn3)CC12. The quantitative estimate of drug-likeness (QED) is 0.736. The number of amides is 1. The summed E-state index contributed by atoms with van der Waals surface area (Å²) < 4.78 is 13.8. The maximum atomic E-state index is 13.8. The van der Waals surface area contributed by atoms with Gasteiger partial charge in [0, 0.05) is 30.7 Å². The summed E-state index contributed by atoms with van der Waals surface area (Å²) in [5.41, 5.74) is 6.93. The molecule has 3 heterocycles. The normalized spacial score (nSPS) is 23.3. The minimum atomic E-state index is -0.460. The second kappa shape index (κ2) is 5.95. The molecule has 0 spiro atoms. The molecule has 1 aliphatic carbocycles. The Morgan fingerprint density at radius 1 is 1.19 bits per heavy atom. The number of piperidine rings is 1. The van der Waals surface area contributed by atoms with Crippen molar-refractivity contribution in [1.82, 2.24) is 15.0 Å². The highest BCUT2D eigenvalue weighted by Gasteiger charge is 2.53. The smallest absolute Gasteiger partial charge is 0.275 e. The van der Waals surface area contributed by atoms with E-state index in [2.05, 4.69) is 25.2 Å². The topological polar surface area (TPSA) is 97.0 Å². The predicted molar refractivity (Wildman–Crippen MR) is 98.9 cm³/mol. The number of anilines is 2. The number of hydrogen-bond acceptors (Lipinski definition) is 6. The van der Waals surface area contributed by atoms with Crippen LogP contribution in [0.15, 0.2) is 42.9 Å². The molecule has 0 radical (unpaired) electrons. The van der Waals surface area contributed by atoms with Crippen LogP contribution in [0.25, 0.3) is 10.9 Å². The van der Waals surface area contributed by atoms with Crippen molar-refractivity contribution in [3.63, 3.8) is 0 Å². The lowest BCUT2D eigenvalue weighted by atomic mass is 10.2. The molecule has 2 atom stereocenters. The van der Waals surface area contributed by atoms with Crippen molar-refractivity contribution in [3.8, 4) is 0 Å². The third-order valence-corrected chi connectivity index (χ3v) is 5.37. The molecule has 27 heavy (non-hydrogen) atoms. The molecule has 5 rings (SSSR count). The van der Waals surface area contributed by atoms with E-state index in [-0.39, 0.29) is 5.69 Å². The lowest BCUT2D eigenvalue weighted by Gasteiger charge is -2.19. The summed E-state index contributed by atoms with van der Waals surface area (Å²) in [5, 5.41) is 3.29. The zero-order chi connectivity index (χ0) is 18.5. The van der Waals surface area contributed by atoms with Crippen LogP contribution >= 0.6 is 0 Å². The van der Waals surface area contributed by atoms with Crippen molar-refractivity contribution in [2.75, 3.05) is 23.3 Å². The predicted octanol–water partition coefficient (Wildman–Crippen LogP) is 1.81. The van der Waals surface area contributed by atoms with E-state index in [9.17, 15) is 9.18 Å². The molecule has 0 bridgehead atoms. The van der Waals surface area contributed by atoms with Gasteiger partial charge in [-0.1, -0.05) is 6.07 Å². The van der Waals surface area contributed by atoms with E-state index in [0.717, 1.165) is 18.9 Å². The van der Waals surface area contributed by atoms with E-state index in [4.69, 9.17) is 5.73 Å².